The largest absolute Gasteiger partial charge is 0.309 e. The Morgan fingerprint density at radius 2 is 2.05 bits per heavy atom. The van der Waals surface area contributed by atoms with E-state index in [1.807, 2.05) is 11.3 Å². The second kappa shape index (κ2) is 6.69. The van der Waals surface area contributed by atoms with Crippen molar-refractivity contribution < 1.29 is 0 Å². The molecule has 0 amide bonds. The van der Waals surface area contributed by atoms with Gasteiger partial charge in [-0.1, -0.05) is 34.5 Å². The van der Waals surface area contributed by atoms with Crippen LogP contribution >= 0.6 is 27.3 Å². The molecule has 1 heterocycles. The van der Waals surface area contributed by atoms with Crippen LogP contribution in [-0.4, -0.2) is 6.54 Å². The van der Waals surface area contributed by atoms with E-state index in [0.717, 1.165) is 6.54 Å². The molecule has 2 aromatic rings. The first-order chi connectivity index (χ1) is 9.11. The van der Waals surface area contributed by atoms with Crippen molar-refractivity contribution in [3.63, 3.8) is 0 Å². The molecule has 0 fully saturated rings. The van der Waals surface area contributed by atoms with Crippen LogP contribution in [0.5, 0.6) is 0 Å². The minimum absolute atomic E-state index is 0.433. The van der Waals surface area contributed by atoms with E-state index in [1.165, 1.54) is 31.8 Å². The monoisotopic (exact) mass is 337 g/mol. The molecule has 1 unspecified atom stereocenters. The second-order valence-corrected chi connectivity index (χ2v) is 6.83. The fourth-order valence-corrected chi connectivity index (χ4v) is 3.68. The molecule has 1 aromatic heterocycles. The summed E-state index contributed by atoms with van der Waals surface area (Å²) in [6.45, 7) is 7.64. The van der Waals surface area contributed by atoms with Crippen LogP contribution in [0.3, 0.4) is 0 Å². The van der Waals surface area contributed by atoms with E-state index in [4.69, 9.17) is 0 Å². The Morgan fingerprint density at radius 3 is 2.79 bits per heavy atom. The molecule has 0 aliphatic heterocycles. The molecule has 1 aromatic carbocycles. The summed E-state index contributed by atoms with van der Waals surface area (Å²) in [5, 5.41) is 3.54. The van der Waals surface area contributed by atoms with Crippen molar-refractivity contribution in [2.45, 2.75) is 33.2 Å². The number of halogens is 1. The van der Waals surface area contributed by atoms with Crippen molar-refractivity contribution >= 4 is 27.3 Å². The summed E-state index contributed by atoms with van der Waals surface area (Å²) >= 11 is 5.52. The first kappa shape index (κ1) is 14.8. The molecule has 0 radical (unpaired) electrons. The second-order valence-electron chi connectivity index (χ2n) is 4.86. The van der Waals surface area contributed by atoms with E-state index >= 15 is 0 Å². The predicted octanol–water partition coefficient (Wildman–Crippen LogP) is 5.55. The molecule has 0 saturated heterocycles. The van der Waals surface area contributed by atoms with E-state index in [0.29, 0.717) is 6.04 Å². The third kappa shape index (κ3) is 3.68. The maximum absolute atomic E-state index is 3.65. The molecular weight excluding hydrogens is 318 g/mol. The third-order valence-electron chi connectivity index (χ3n) is 3.14. The Kier molecular flexibility index (Phi) is 5.20. The Labute approximate surface area is 128 Å². The van der Waals surface area contributed by atoms with Crippen molar-refractivity contribution in [2.24, 2.45) is 0 Å². The van der Waals surface area contributed by atoms with E-state index in [-0.39, 0.29) is 0 Å². The van der Waals surface area contributed by atoms with Gasteiger partial charge in [-0.25, -0.2) is 0 Å². The number of hydrogen-bond acceptors (Lipinski definition) is 2. The lowest BCUT2D eigenvalue weighted by Gasteiger charge is -2.10. The zero-order valence-corrected chi connectivity index (χ0v) is 14.1. The van der Waals surface area contributed by atoms with Crippen LogP contribution in [-0.2, 0) is 0 Å². The van der Waals surface area contributed by atoms with E-state index in [1.54, 1.807) is 0 Å². The van der Waals surface area contributed by atoms with Gasteiger partial charge in [0.05, 0.1) is 0 Å². The van der Waals surface area contributed by atoms with Crippen LogP contribution in [0.15, 0.2) is 34.8 Å². The number of benzene rings is 1. The molecular formula is C16H20BrNS. The summed E-state index contributed by atoms with van der Waals surface area (Å²) in [7, 11) is 0. The molecule has 0 saturated carbocycles. The maximum Gasteiger partial charge on any atom is 0.0386 e. The molecule has 0 aliphatic rings. The first-order valence-corrected chi connectivity index (χ1v) is 8.32. The highest BCUT2D eigenvalue weighted by Gasteiger charge is 2.10. The van der Waals surface area contributed by atoms with E-state index in [9.17, 15) is 0 Å². The number of nitrogens with one attached hydrogen (secondary N) is 1. The summed E-state index contributed by atoms with van der Waals surface area (Å²) in [5.41, 5.74) is 2.59. The molecule has 2 rings (SSSR count). The zero-order chi connectivity index (χ0) is 13.8. The van der Waals surface area contributed by atoms with Gasteiger partial charge < -0.3 is 5.32 Å². The zero-order valence-electron chi connectivity index (χ0n) is 11.7. The normalized spacial score (nSPS) is 12.6. The van der Waals surface area contributed by atoms with Gasteiger partial charge in [0.2, 0.25) is 0 Å². The standard InChI is InChI=1S/C16H20BrNS/c1-4-9-18-12(3)15-7-8-16(19-15)13-10-11(2)5-6-14(13)17/h5-8,10,12,18H,4,9H2,1-3H3. The van der Waals surface area contributed by atoms with Gasteiger partial charge >= 0.3 is 0 Å². The van der Waals surface area contributed by atoms with Crippen LogP contribution in [0, 0.1) is 6.92 Å². The van der Waals surface area contributed by atoms with Crippen molar-refractivity contribution in [3.8, 4) is 10.4 Å². The summed E-state index contributed by atoms with van der Waals surface area (Å²) in [6.07, 6.45) is 1.17. The molecule has 1 atom stereocenters. The summed E-state index contributed by atoms with van der Waals surface area (Å²) in [6, 6.07) is 11.4. The van der Waals surface area contributed by atoms with Crippen molar-refractivity contribution in [1.82, 2.24) is 5.32 Å². The van der Waals surface area contributed by atoms with Crippen LogP contribution < -0.4 is 5.32 Å². The van der Waals surface area contributed by atoms with Gasteiger partial charge in [-0.3, -0.25) is 0 Å². The first-order valence-electron chi connectivity index (χ1n) is 6.71. The Balaban J connectivity index is 2.23. The minimum atomic E-state index is 0.433. The quantitative estimate of drug-likeness (QED) is 0.754. The van der Waals surface area contributed by atoms with Crippen LogP contribution in [0.2, 0.25) is 0 Å². The van der Waals surface area contributed by atoms with Gasteiger partial charge in [0.1, 0.15) is 0 Å². The Bertz CT molecular complexity index is 547. The fourth-order valence-electron chi connectivity index (χ4n) is 2.02. The highest BCUT2D eigenvalue weighted by Crippen LogP contribution is 2.36. The van der Waals surface area contributed by atoms with Gasteiger partial charge in [-0.05, 0) is 51.1 Å². The summed E-state index contributed by atoms with van der Waals surface area (Å²) < 4.78 is 1.17. The maximum atomic E-state index is 3.65. The van der Waals surface area contributed by atoms with Gasteiger partial charge in [0.15, 0.2) is 0 Å². The highest BCUT2D eigenvalue weighted by atomic mass is 79.9. The number of aryl methyl sites for hydroxylation is 1. The molecule has 0 spiro atoms. The van der Waals surface area contributed by atoms with Gasteiger partial charge in [-0.15, -0.1) is 11.3 Å². The number of rotatable bonds is 5. The molecule has 0 bridgehead atoms. The lowest BCUT2D eigenvalue weighted by Crippen LogP contribution is -2.18. The molecule has 1 nitrogen and oxygen atoms in total. The topological polar surface area (TPSA) is 12.0 Å². The molecule has 0 aliphatic carbocycles. The molecule has 102 valence electrons. The Hall–Kier alpha value is -0.640. The molecule has 3 heteroatoms. The van der Waals surface area contributed by atoms with Gasteiger partial charge in [-0.2, -0.15) is 0 Å². The third-order valence-corrected chi connectivity index (χ3v) is 5.13. The van der Waals surface area contributed by atoms with Crippen molar-refractivity contribution in [3.05, 3.63) is 45.2 Å². The van der Waals surface area contributed by atoms with Crippen LogP contribution in [0.4, 0.5) is 0 Å². The lowest BCUT2D eigenvalue weighted by molar-refractivity contribution is 0.578. The average Bonchev–Trinajstić information content (AvgIpc) is 2.88. The number of thiophene rings is 1. The smallest absolute Gasteiger partial charge is 0.0386 e. The Morgan fingerprint density at radius 1 is 1.26 bits per heavy atom. The fraction of sp³-hybridized carbons (Fsp3) is 0.375. The lowest BCUT2D eigenvalue weighted by atomic mass is 10.1. The average molecular weight is 338 g/mol. The van der Waals surface area contributed by atoms with Gasteiger partial charge in [0, 0.05) is 25.8 Å². The van der Waals surface area contributed by atoms with E-state index < -0.39 is 0 Å². The summed E-state index contributed by atoms with van der Waals surface area (Å²) in [4.78, 5) is 2.73. The van der Waals surface area contributed by atoms with Crippen LogP contribution in [0.25, 0.3) is 10.4 Å². The van der Waals surface area contributed by atoms with Crippen molar-refractivity contribution in [1.29, 1.82) is 0 Å². The molecule has 19 heavy (non-hydrogen) atoms. The summed E-state index contributed by atoms with van der Waals surface area (Å²) in [5.74, 6) is 0. The highest BCUT2D eigenvalue weighted by molar-refractivity contribution is 9.10. The number of hydrogen-bond donors (Lipinski definition) is 1. The minimum Gasteiger partial charge on any atom is -0.309 e. The van der Waals surface area contributed by atoms with Crippen LogP contribution in [0.1, 0.15) is 36.8 Å². The van der Waals surface area contributed by atoms with Gasteiger partial charge in [0.25, 0.3) is 0 Å². The van der Waals surface area contributed by atoms with Crippen molar-refractivity contribution in [2.75, 3.05) is 6.54 Å². The SMILES string of the molecule is CCCNC(C)c1ccc(-c2cc(C)ccc2Br)s1. The van der Waals surface area contributed by atoms with E-state index in [2.05, 4.69) is 72.3 Å². The molecule has 1 N–H and O–H groups in total. The predicted molar refractivity (Wildman–Crippen MR) is 88.9 cm³/mol.